The largest absolute Gasteiger partial charge is 0.294 e. The van der Waals surface area contributed by atoms with Crippen LogP contribution >= 0.6 is 22.6 Å². The van der Waals surface area contributed by atoms with Crippen LogP contribution in [0.2, 0.25) is 0 Å². The van der Waals surface area contributed by atoms with Crippen LogP contribution in [-0.4, -0.2) is 5.78 Å². The Morgan fingerprint density at radius 1 is 1.38 bits per heavy atom. The smallest absolute Gasteiger partial charge is 0.168 e. The van der Waals surface area contributed by atoms with Gasteiger partial charge in [0.1, 0.15) is 5.82 Å². The van der Waals surface area contributed by atoms with Gasteiger partial charge in [0.25, 0.3) is 0 Å². The first-order chi connectivity index (χ1) is 7.63. The Hall–Kier alpha value is -0.710. The summed E-state index contributed by atoms with van der Waals surface area (Å²) < 4.78 is 13.4. The molecule has 0 fully saturated rings. The number of halogens is 2. The molecule has 1 nitrogen and oxygen atoms in total. The van der Waals surface area contributed by atoms with Crippen LogP contribution in [0.5, 0.6) is 0 Å². The predicted molar refractivity (Wildman–Crippen MR) is 72.9 cm³/mol. The lowest BCUT2D eigenvalue weighted by Crippen LogP contribution is -1.96. The minimum absolute atomic E-state index is 0.159. The molecule has 0 aliphatic carbocycles. The van der Waals surface area contributed by atoms with E-state index in [1.807, 2.05) is 22.6 Å². The molecule has 0 bridgehead atoms. The van der Waals surface area contributed by atoms with Crippen LogP contribution in [-0.2, 0) is 4.79 Å². The summed E-state index contributed by atoms with van der Waals surface area (Å²) in [7, 11) is 0. The lowest BCUT2D eigenvalue weighted by atomic mass is 10.1. The zero-order chi connectivity index (χ0) is 12.0. The van der Waals surface area contributed by atoms with Crippen molar-refractivity contribution >= 4 is 34.5 Å². The highest BCUT2D eigenvalue weighted by Crippen LogP contribution is 2.17. The molecule has 0 radical (unpaired) electrons. The normalized spacial score (nSPS) is 11.6. The van der Waals surface area contributed by atoms with Gasteiger partial charge >= 0.3 is 0 Å². The van der Waals surface area contributed by atoms with Gasteiger partial charge in [-0.05, 0) is 52.8 Å². The van der Waals surface area contributed by atoms with E-state index >= 15 is 0 Å². The van der Waals surface area contributed by atoms with Crippen LogP contribution in [0, 0.1) is 5.82 Å². The summed E-state index contributed by atoms with van der Waals surface area (Å²) in [6, 6.07) is 6.13. The molecule has 86 valence electrons. The van der Waals surface area contributed by atoms with E-state index in [1.165, 1.54) is 12.1 Å². The monoisotopic (exact) mass is 332 g/mol. The molecular weight excluding hydrogens is 318 g/mol. The maximum absolute atomic E-state index is 12.7. The average molecular weight is 332 g/mol. The summed E-state index contributed by atoms with van der Waals surface area (Å²) in [5, 5.41) is 0. The van der Waals surface area contributed by atoms with Gasteiger partial charge in [0.15, 0.2) is 5.78 Å². The third-order valence-electron chi connectivity index (χ3n) is 2.19. The van der Waals surface area contributed by atoms with Gasteiger partial charge in [0, 0.05) is 6.42 Å². The number of ketones is 1. The minimum Gasteiger partial charge on any atom is -0.294 e. The van der Waals surface area contributed by atoms with Crippen LogP contribution < -0.4 is 0 Å². The second-order valence-corrected chi connectivity index (χ2v) is 4.73. The number of hydrogen-bond donors (Lipinski definition) is 0. The summed E-state index contributed by atoms with van der Waals surface area (Å²) in [4.78, 5) is 11.6. The van der Waals surface area contributed by atoms with Crippen molar-refractivity contribution in [3.8, 4) is 0 Å². The molecule has 1 aromatic rings. The first kappa shape index (κ1) is 13.4. The van der Waals surface area contributed by atoms with E-state index in [0.29, 0.717) is 10.0 Å². The highest BCUT2D eigenvalue weighted by Gasteiger charge is 2.05. The average Bonchev–Trinajstić information content (AvgIpc) is 2.29. The zero-order valence-electron chi connectivity index (χ0n) is 9.17. The topological polar surface area (TPSA) is 17.1 Å². The molecule has 0 aliphatic heterocycles. The van der Waals surface area contributed by atoms with Gasteiger partial charge in [-0.1, -0.05) is 25.5 Å². The van der Waals surface area contributed by atoms with E-state index in [0.717, 1.165) is 18.4 Å². The van der Waals surface area contributed by atoms with Gasteiger partial charge in [0.05, 0.1) is 3.58 Å². The second-order valence-electron chi connectivity index (χ2n) is 3.57. The van der Waals surface area contributed by atoms with Gasteiger partial charge in [-0.3, -0.25) is 4.79 Å². The molecule has 16 heavy (non-hydrogen) atoms. The lowest BCUT2D eigenvalue weighted by Gasteiger charge is -1.99. The fourth-order valence-corrected chi connectivity index (χ4v) is 1.87. The Kier molecular flexibility index (Phi) is 5.66. The van der Waals surface area contributed by atoms with E-state index in [4.69, 9.17) is 0 Å². The van der Waals surface area contributed by atoms with Crippen molar-refractivity contribution in [1.29, 1.82) is 0 Å². The van der Waals surface area contributed by atoms with Gasteiger partial charge in [-0.2, -0.15) is 0 Å². The van der Waals surface area contributed by atoms with Crippen molar-refractivity contribution in [2.45, 2.75) is 26.2 Å². The first-order valence-electron chi connectivity index (χ1n) is 5.29. The molecule has 1 aromatic carbocycles. The van der Waals surface area contributed by atoms with Gasteiger partial charge in [-0.25, -0.2) is 4.39 Å². The van der Waals surface area contributed by atoms with Crippen LogP contribution in [0.25, 0.3) is 6.08 Å². The molecule has 0 unspecified atom stereocenters. The Morgan fingerprint density at radius 3 is 2.56 bits per heavy atom. The standard InChI is InChI=1S/C13H14FIO/c1-2-3-4-13(16)12(15)9-10-5-7-11(14)8-6-10/h5-9H,2-4H2,1H3/b12-9+. The van der Waals surface area contributed by atoms with E-state index in [9.17, 15) is 9.18 Å². The summed E-state index contributed by atoms with van der Waals surface area (Å²) >= 11 is 2.04. The van der Waals surface area contributed by atoms with E-state index < -0.39 is 0 Å². The number of hydrogen-bond acceptors (Lipinski definition) is 1. The van der Waals surface area contributed by atoms with Gasteiger partial charge in [-0.15, -0.1) is 0 Å². The molecule has 0 aromatic heterocycles. The van der Waals surface area contributed by atoms with Gasteiger partial charge in [0.2, 0.25) is 0 Å². The second kappa shape index (κ2) is 6.78. The molecule has 0 aliphatic rings. The summed E-state index contributed by atoms with van der Waals surface area (Å²) in [6.45, 7) is 2.06. The lowest BCUT2D eigenvalue weighted by molar-refractivity contribution is -0.114. The number of Topliss-reactive ketones (excluding diaryl/α,β-unsaturated/α-hetero) is 1. The minimum atomic E-state index is -0.260. The summed E-state index contributed by atoms with van der Waals surface area (Å²) in [6.07, 6.45) is 4.32. The zero-order valence-corrected chi connectivity index (χ0v) is 11.3. The fraction of sp³-hybridized carbons (Fsp3) is 0.308. The van der Waals surface area contributed by atoms with Crippen LogP contribution in [0.1, 0.15) is 31.7 Å². The molecule has 0 spiro atoms. The van der Waals surface area contributed by atoms with Crippen LogP contribution in [0.15, 0.2) is 27.8 Å². The quantitative estimate of drug-likeness (QED) is 0.578. The molecule has 0 amide bonds. The number of rotatable bonds is 5. The molecule has 0 atom stereocenters. The van der Waals surface area contributed by atoms with Gasteiger partial charge < -0.3 is 0 Å². The Balaban J connectivity index is 2.68. The Labute approximate surface area is 109 Å². The summed E-state index contributed by atoms with van der Waals surface area (Å²) in [5.74, 6) is -0.101. The van der Waals surface area contributed by atoms with E-state index in [-0.39, 0.29) is 11.6 Å². The van der Waals surface area contributed by atoms with Crippen LogP contribution in [0.3, 0.4) is 0 Å². The number of allylic oxidation sites excluding steroid dienone is 1. The number of unbranched alkanes of at least 4 members (excludes halogenated alkanes) is 1. The molecule has 0 saturated carbocycles. The fourth-order valence-electron chi connectivity index (χ4n) is 1.24. The van der Waals surface area contributed by atoms with Crippen molar-refractivity contribution in [3.05, 3.63) is 39.2 Å². The molecule has 3 heteroatoms. The summed E-state index contributed by atoms with van der Waals surface area (Å²) in [5.41, 5.74) is 0.857. The number of benzene rings is 1. The molecule has 0 heterocycles. The van der Waals surface area contributed by atoms with E-state index in [2.05, 4.69) is 6.92 Å². The molecular formula is C13H14FIO. The Bertz CT molecular complexity index is 381. The van der Waals surface area contributed by atoms with Crippen molar-refractivity contribution in [1.82, 2.24) is 0 Å². The number of carbonyl (C=O) groups excluding carboxylic acids is 1. The molecule has 1 rings (SSSR count). The third-order valence-corrected chi connectivity index (χ3v) is 3.10. The van der Waals surface area contributed by atoms with Crippen molar-refractivity contribution < 1.29 is 9.18 Å². The first-order valence-corrected chi connectivity index (χ1v) is 6.37. The predicted octanol–water partition coefficient (Wildman–Crippen LogP) is 4.36. The van der Waals surface area contributed by atoms with Crippen molar-refractivity contribution in [2.75, 3.05) is 0 Å². The maximum Gasteiger partial charge on any atom is 0.168 e. The number of carbonyl (C=O) groups is 1. The molecule has 0 N–H and O–H groups in total. The van der Waals surface area contributed by atoms with Crippen LogP contribution in [0.4, 0.5) is 4.39 Å². The molecule has 0 saturated heterocycles. The third kappa shape index (κ3) is 4.43. The van der Waals surface area contributed by atoms with Crippen molar-refractivity contribution in [3.63, 3.8) is 0 Å². The SMILES string of the molecule is CCCCC(=O)/C(I)=C\c1ccc(F)cc1. The van der Waals surface area contributed by atoms with E-state index in [1.54, 1.807) is 18.2 Å². The highest BCUT2D eigenvalue weighted by molar-refractivity contribution is 14.1. The Morgan fingerprint density at radius 2 is 2.00 bits per heavy atom. The maximum atomic E-state index is 12.7. The van der Waals surface area contributed by atoms with Crippen molar-refractivity contribution in [2.24, 2.45) is 0 Å². The highest BCUT2D eigenvalue weighted by atomic mass is 127.